The highest BCUT2D eigenvalue weighted by molar-refractivity contribution is 5.99. The van der Waals surface area contributed by atoms with Crippen LogP contribution in [0.2, 0.25) is 0 Å². The summed E-state index contributed by atoms with van der Waals surface area (Å²) in [6.07, 6.45) is 2.68. The molecule has 0 radical (unpaired) electrons. The van der Waals surface area contributed by atoms with E-state index in [0.29, 0.717) is 12.1 Å². The molecule has 1 fully saturated rings. The molecule has 0 spiro atoms. The van der Waals surface area contributed by atoms with E-state index >= 15 is 0 Å². The van der Waals surface area contributed by atoms with E-state index < -0.39 is 0 Å². The summed E-state index contributed by atoms with van der Waals surface area (Å²) in [5.74, 6) is 0.0658. The van der Waals surface area contributed by atoms with Crippen LogP contribution in [0.15, 0.2) is 29.4 Å². The number of benzene rings is 1. The quantitative estimate of drug-likeness (QED) is 0.368. The Morgan fingerprint density at radius 3 is 2.84 bits per heavy atom. The van der Waals surface area contributed by atoms with E-state index in [-0.39, 0.29) is 17.8 Å². The smallest absolute Gasteiger partial charge is 0.254 e. The highest BCUT2D eigenvalue weighted by atomic mass is 16.4. The Bertz CT molecular complexity index is 499. The van der Waals surface area contributed by atoms with Crippen LogP contribution in [0, 0.1) is 6.92 Å². The normalized spacial score (nSPS) is 20.4. The zero-order chi connectivity index (χ0) is 13.8. The maximum absolute atomic E-state index is 12.6. The third kappa shape index (κ3) is 2.70. The number of likely N-dealkylation sites (tertiary alicyclic amines) is 1. The minimum Gasteiger partial charge on any atom is -0.409 e. The molecule has 1 saturated heterocycles. The Kier molecular flexibility index (Phi) is 4.04. The number of nitrogens with two attached hydrogens (primary N) is 1. The number of aryl methyl sites for hydroxylation is 1. The number of nitrogens with zero attached hydrogens (tertiary/aromatic N) is 2. The Morgan fingerprint density at radius 2 is 2.16 bits per heavy atom. The average Bonchev–Trinajstić information content (AvgIpc) is 2.46. The first kappa shape index (κ1) is 13.4. The van der Waals surface area contributed by atoms with Gasteiger partial charge in [-0.1, -0.05) is 23.4 Å². The zero-order valence-electron chi connectivity index (χ0n) is 11.0. The van der Waals surface area contributed by atoms with Gasteiger partial charge in [0.15, 0.2) is 5.84 Å². The van der Waals surface area contributed by atoms with Crippen molar-refractivity contribution in [1.82, 2.24) is 4.90 Å². The molecule has 0 aromatic heterocycles. The van der Waals surface area contributed by atoms with Crippen molar-refractivity contribution in [3.05, 3.63) is 35.4 Å². The molecule has 1 aliphatic rings. The molecule has 1 amide bonds. The summed E-state index contributed by atoms with van der Waals surface area (Å²) in [6, 6.07) is 7.18. The van der Waals surface area contributed by atoms with Gasteiger partial charge in [0.2, 0.25) is 0 Å². The van der Waals surface area contributed by atoms with Gasteiger partial charge in [-0.15, -0.1) is 0 Å². The van der Waals surface area contributed by atoms with E-state index in [0.717, 1.165) is 24.8 Å². The summed E-state index contributed by atoms with van der Waals surface area (Å²) in [6.45, 7) is 2.56. The number of amides is 1. The van der Waals surface area contributed by atoms with Gasteiger partial charge in [-0.05, 0) is 37.8 Å². The molecule has 2 rings (SSSR count). The zero-order valence-corrected chi connectivity index (χ0v) is 11.0. The summed E-state index contributed by atoms with van der Waals surface area (Å²) in [5, 5.41) is 11.9. The lowest BCUT2D eigenvalue weighted by Gasteiger charge is -2.35. The van der Waals surface area contributed by atoms with Gasteiger partial charge in [-0.25, -0.2) is 0 Å². The van der Waals surface area contributed by atoms with Gasteiger partial charge in [0.1, 0.15) is 0 Å². The fourth-order valence-corrected chi connectivity index (χ4v) is 2.52. The van der Waals surface area contributed by atoms with Crippen LogP contribution in [0.25, 0.3) is 0 Å². The summed E-state index contributed by atoms with van der Waals surface area (Å²) in [4.78, 5) is 14.3. The molecule has 19 heavy (non-hydrogen) atoms. The molecule has 0 saturated carbocycles. The number of carbonyl (C=O) groups excluding carboxylic acids is 1. The van der Waals surface area contributed by atoms with Gasteiger partial charge in [-0.3, -0.25) is 4.79 Å². The molecular weight excluding hydrogens is 242 g/mol. The molecule has 3 N–H and O–H groups in total. The molecule has 5 heteroatoms. The van der Waals surface area contributed by atoms with Crippen molar-refractivity contribution in [3.63, 3.8) is 0 Å². The Hall–Kier alpha value is -2.04. The lowest BCUT2D eigenvalue weighted by molar-refractivity contribution is 0.0676. The summed E-state index contributed by atoms with van der Waals surface area (Å²) in [7, 11) is 0. The molecule has 1 aromatic rings. The first-order valence-electron chi connectivity index (χ1n) is 6.49. The topological polar surface area (TPSA) is 78.9 Å². The van der Waals surface area contributed by atoms with E-state index in [1.807, 2.05) is 31.2 Å². The van der Waals surface area contributed by atoms with Crippen molar-refractivity contribution in [2.45, 2.75) is 32.2 Å². The Morgan fingerprint density at radius 1 is 1.42 bits per heavy atom. The number of amidine groups is 1. The van der Waals surface area contributed by atoms with Crippen molar-refractivity contribution in [3.8, 4) is 0 Å². The van der Waals surface area contributed by atoms with Gasteiger partial charge >= 0.3 is 0 Å². The van der Waals surface area contributed by atoms with E-state index in [1.54, 1.807) is 4.90 Å². The van der Waals surface area contributed by atoms with Crippen LogP contribution in [0.1, 0.15) is 35.2 Å². The summed E-state index contributed by atoms with van der Waals surface area (Å²) >= 11 is 0. The third-order valence-electron chi connectivity index (χ3n) is 3.60. The fraction of sp³-hybridized carbons (Fsp3) is 0.429. The molecular formula is C14H19N3O2. The number of piperidine rings is 1. The molecule has 0 bridgehead atoms. The van der Waals surface area contributed by atoms with E-state index in [9.17, 15) is 4.79 Å². The predicted molar refractivity (Wildman–Crippen MR) is 73.3 cm³/mol. The predicted octanol–water partition coefficient (Wildman–Crippen LogP) is 1.74. The number of oxime groups is 1. The van der Waals surface area contributed by atoms with Crippen LogP contribution in [0.4, 0.5) is 0 Å². The SMILES string of the molecule is Cc1ccccc1C(=O)N1CCCCC1C(N)=NO. The van der Waals surface area contributed by atoms with Gasteiger partial charge in [0.25, 0.3) is 5.91 Å². The minimum atomic E-state index is -0.300. The van der Waals surface area contributed by atoms with Crippen LogP contribution < -0.4 is 5.73 Å². The maximum atomic E-state index is 12.6. The van der Waals surface area contributed by atoms with Crippen molar-refractivity contribution in [1.29, 1.82) is 0 Å². The molecule has 1 aromatic carbocycles. The van der Waals surface area contributed by atoms with Crippen molar-refractivity contribution < 1.29 is 10.0 Å². The highest BCUT2D eigenvalue weighted by Gasteiger charge is 2.30. The second-order valence-electron chi connectivity index (χ2n) is 4.85. The second kappa shape index (κ2) is 5.73. The van der Waals surface area contributed by atoms with Crippen molar-refractivity contribution in [2.75, 3.05) is 6.54 Å². The molecule has 0 aliphatic carbocycles. The maximum Gasteiger partial charge on any atom is 0.254 e. The number of rotatable bonds is 2. The number of hydrogen-bond acceptors (Lipinski definition) is 3. The third-order valence-corrected chi connectivity index (χ3v) is 3.60. The molecule has 1 unspecified atom stereocenters. The standard InChI is InChI=1S/C14H19N3O2/c1-10-6-2-3-7-11(10)14(18)17-9-5-4-8-12(17)13(15)16-19/h2-3,6-7,12,19H,4-5,8-9H2,1H3,(H2,15,16). The average molecular weight is 261 g/mol. The molecule has 1 heterocycles. The lowest BCUT2D eigenvalue weighted by Crippen LogP contribution is -2.50. The van der Waals surface area contributed by atoms with Gasteiger partial charge in [0, 0.05) is 12.1 Å². The molecule has 1 aliphatic heterocycles. The van der Waals surface area contributed by atoms with E-state index in [1.165, 1.54) is 0 Å². The van der Waals surface area contributed by atoms with Crippen molar-refractivity contribution >= 4 is 11.7 Å². The molecule has 1 atom stereocenters. The lowest BCUT2D eigenvalue weighted by atomic mass is 9.99. The van der Waals surface area contributed by atoms with Crippen LogP contribution in [0.3, 0.4) is 0 Å². The Labute approximate surface area is 112 Å². The van der Waals surface area contributed by atoms with E-state index in [2.05, 4.69) is 5.16 Å². The first-order valence-corrected chi connectivity index (χ1v) is 6.49. The summed E-state index contributed by atoms with van der Waals surface area (Å²) < 4.78 is 0. The minimum absolute atomic E-state index is 0.0469. The molecule has 102 valence electrons. The molecule has 5 nitrogen and oxygen atoms in total. The number of carbonyl (C=O) groups is 1. The van der Waals surface area contributed by atoms with Crippen LogP contribution >= 0.6 is 0 Å². The van der Waals surface area contributed by atoms with Crippen LogP contribution in [-0.2, 0) is 0 Å². The second-order valence-corrected chi connectivity index (χ2v) is 4.85. The van der Waals surface area contributed by atoms with Gasteiger partial charge < -0.3 is 15.8 Å². The fourth-order valence-electron chi connectivity index (χ4n) is 2.52. The van der Waals surface area contributed by atoms with Gasteiger partial charge in [0.05, 0.1) is 6.04 Å². The Balaban J connectivity index is 2.28. The summed E-state index contributed by atoms with van der Waals surface area (Å²) in [5.41, 5.74) is 7.32. The first-order chi connectivity index (χ1) is 9.15. The van der Waals surface area contributed by atoms with Crippen molar-refractivity contribution in [2.24, 2.45) is 10.9 Å². The van der Waals surface area contributed by atoms with E-state index in [4.69, 9.17) is 10.9 Å². The van der Waals surface area contributed by atoms with Crippen LogP contribution in [-0.4, -0.2) is 34.4 Å². The highest BCUT2D eigenvalue weighted by Crippen LogP contribution is 2.21. The van der Waals surface area contributed by atoms with Crippen LogP contribution in [0.5, 0.6) is 0 Å². The monoisotopic (exact) mass is 261 g/mol. The number of hydrogen-bond donors (Lipinski definition) is 2. The largest absolute Gasteiger partial charge is 0.409 e. The van der Waals surface area contributed by atoms with Gasteiger partial charge in [-0.2, -0.15) is 0 Å².